The summed E-state index contributed by atoms with van der Waals surface area (Å²) in [7, 11) is 0. The lowest BCUT2D eigenvalue weighted by atomic mass is 10.2. The van der Waals surface area contributed by atoms with Crippen LogP contribution >= 0.6 is 0 Å². The predicted octanol–water partition coefficient (Wildman–Crippen LogP) is 0.214. The summed E-state index contributed by atoms with van der Waals surface area (Å²) in [5, 5.41) is 12.2. The molecule has 0 heterocycles. The van der Waals surface area contributed by atoms with Gasteiger partial charge in [0.1, 0.15) is 0 Å². The molecule has 2 N–H and O–H groups in total. The van der Waals surface area contributed by atoms with E-state index in [0.29, 0.717) is 6.54 Å². The molecule has 0 saturated heterocycles. The average Bonchev–Trinajstić information content (AvgIpc) is 2.15. The molecule has 0 aromatic rings. The Morgan fingerprint density at radius 1 is 1.36 bits per heavy atom. The quantitative estimate of drug-likeness (QED) is 0.647. The minimum atomic E-state index is -0.431. The zero-order valence-electron chi connectivity index (χ0n) is 9.58. The van der Waals surface area contributed by atoms with Gasteiger partial charge in [-0.05, 0) is 27.7 Å². The van der Waals surface area contributed by atoms with Crippen molar-refractivity contribution in [3.05, 3.63) is 0 Å². The van der Waals surface area contributed by atoms with Crippen LogP contribution in [0.25, 0.3) is 0 Å². The van der Waals surface area contributed by atoms with E-state index in [4.69, 9.17) is 0 Å². The van der Waals surface area contributed by atoms with E-state index in [1.807, 2.05) is 20.8 Å². The summed E-state index contributed by atoms with van der Waals surface area (Å²) in [5.74, 6) is 0.0856. The second kappa shape index (κ2) is 6.79. The highest BCUT2D eigenvalue weighted by Crippen LogP contribution is 1.92. The van der Waals surface area contributed by atoms with Gasteiger partial charge in [-0.2, -0.15) is 0 Å². The largest absolute Gasteiger partial charge is 0.392 e. The molecule has 0 spiro atoms. The summed E-state index contributed by atoms with van der Waals surface area (Å²) in [5.41, 5.74) is 0. The van der Waals surface area contributed by atoms with Crippen molar-refractivity contribution in [2.24, 2.45) is 0 Å². The molecule has 0 rings (SSSR count). The molecule has 14 heavy (non-hydrogen) atoms. The first-order valence-corrected chi connectivity index (χ1v) is 5.22. The molecule has 0 aromatic carbocycles. The maximum Gasteiger partial charge on any atom is 0.236 e. The Bertz CT molecular complexity index is 168. The van der Waals surface area contributed by atoms with Crippen molar-refractivity contribution >= 4 is 5.91 Å². The van der Waals surface area contributed by atoms with Crippen molar-refractivity contribution in [2.45, 2.75) is 39.8 Å². The van der Waals surface area contributed by atoms with Crippen molar-refractivity contribution in [3.8, 4) is 0 Å². The standard InChI is InChI=1S/C10H22N2O2/c1-5-12(6-2)10(14)7-11-8(3)9(4)13/h8-9,11,13H,5-7H2,1-4H3. The summed E-state index contributed by atoms with van der Waals surface area (Å²) in [6.07, 6.45) is -0.431. The molecular formula is C10H22N2O2. The molecule has 0 aliphatic heterocycles. The van der Waals surface area contributed by atoms with Gasteiger partial charge in [-0.1, -0.05) is 0 Å². The van der Waals surface area contributed by atoms with Crippen LogP contribution in [0.3, 0.4) is 0 Å². The zero-order chi connectivity index (χ0) is 11.1. The molecular weight excluding hydrogens is 180 g/mol. The van der Waals surface area contributed by atoms with Crippen LogP contribution in [0.1, 0.15) is 27.7 Å². The molecule has 0 saturated carbocycles. The fourth-order valence-electron chi connectivity index (χ4n) is 1.11. The van der Waals surface area contributed by atoms with Crippen LogP contribution in [0.2, 0.25) is 0 Å². The third-order valence-corrected chi connectivity index (χ3v) is 2.42. The number of rotatable bonds is 6. The van der Waals surface area contributed by atoms with Crippen LogP contribution in [0.15, 0.2) is 0 Å². The Kier molecular flexibility index (Phi) is 6.49. The van der Waals surface area contributed by atoms with Crippen molar-refractivity contribution in [3.63, 3.8) is 0 Å². The maximum atomic E-state index is 11.5. The van der Waals surface area contributed by atoms with Gasteiger partial charge in [-0.15, -0.1) is 0 Å². The highest BCUT2D eigenvalue weighted by Gasteiger charge is 2.12. The van der Waals surface area contributed by atoms with E-state index in [2.05, 4.69) is 5.32 Å². The highest BCUT2D eigenvalue weighted by molar-refractivity contribution is 5.78. The van der Waals surface area contributed by atoms with E-state index in [0.717, 1.165) is 13.1 Å². The molecule has 1 amide bonds. The number of likely N-dealkylation sites (N-methyl/N-ethyl adjacent to an activating group) is 1. The van der Waals surface area contributed by atoms with E-state index >= 15 is 0 Å². The summed E-state index contributed by atoms with van der Waals surface area (Å²) >= 11 is 0. The highest BCUT2D eigenvalue weighted by atomic mass is 16.3. The Labute approximate surface area is 86.3 Å². The molecule has 2 atom stereocenters. The SMILES string of the molecule is CCN(CC)C(=O)CNC(C)C(C)O. The molecule has 4 heteroatoms. The number of nitrogens with one attached hydrogen (secondary N) is 1. The Morgan fingerprint density at radius 3 is 2.21 bits per heavy atom. The number of amides is 1. The molecule has 0 aromatic heterocycles. The first-order valence-electron chi connectivity index (χ1n) is 5.22. The minimum absolute atomic E-state index is 0.0467. The van der Waals surface area contributed by atoms with Gasteiger partial charge in [-0.3, -0.25) is 4.79 Å². The van der Waals surface area contributed by atoms with Crippen molar-refractivity contribution < 1.29 is 9.90 Å². The van der Waals surface area contributed by atoms with Crippen molar-refractivity contribution in [1.82, 2.24) is 10.2 Å². The number of carbonyl (C=O) groups excluding carboxylic acids is 1. The third kappa shape index (κ3) is 4.58. The van der Waals surface area contributed by atoms with Crippen LogP contribution < -0.4 is 5.32 Å². The number of nitrogens with zero attached hydrogens (tertiary/aromatic N) is 1. The van der Waals surface area contributed by atoms with Crippen LogP contribution in [0.4, 0.5) is 0 Å². The molecule has 0 bridgehead atoms. The fourth-order valence-corrected chi connectivity index (χ4v) is 1.11. The van der Waals surface area contributed by atoms with Crippen molar-refractivity contribution in [1.29, 1.82) is 0 Å². The van der Waals surface area contributed by atoms with Crippen LogP contribution in [-0.4, -0.2) is 47.7 Å². The van der Waals surface area contributed by atoms with Gasteiger partial charge < -0.3 is 15.3 Å². The predicted molar refractivity (Wildman–Crippen MR) is 57.1 cm³/mol. The Balaban J connectivity index is 3.83. The van der Waals surface area contributed by atoms with Crippen LogP contribution in [0, 0.1) is 0 Å². The summed E-state index contributed by atoms with van der Waals surface area (Å²) in [4.78, 5) is 13.3. The number of carbonyl (C=O) groups is 1. The molecule has 0 aliphatic carbocycles. The van der Waals surface area contributed by atoms with E-state index < -0.39 is 6.10 Å². The molecule has 0 fully saturated rings. The lowest BCUT2D eigenvalue weighted by Gasteiger charge is -2.21. The second-order valence-electron chi connectivity index (χ2n) is 3.48. The smallest absolute Gasteiger partial charge is 0.236 e. The van der Waals surface area contributed by atoms with Gasteiger partial charge in [0.25, 0.3) is 0 Å². The summed E-state index contributed by atoms with van der Waals surface area (Å²) in [6, 6.07) is -0.0467. The van der Waals surface area contributed by atoms with Gasteiger partial charge in [0.15, 0.2) is 0 Å². The van der Waals surface area contributed by atoms with E-state index in [-0.39, 0.29) is 11.9 Å². The molecule has 0 radical (unpaired) electrons. The van der Waals surface area contributed by atoms with Gasteiger partial charge in [0, 0.05) is 19.1 Å². The average molecular weight is 202 g/mol. The molecule has 2 unspecified atom stereocenters. The minimum Gasteiger partial charge on any atom is -0.392 e. The lowest BCUT2D eigenvalue weighted by molar-refractivity contribution is -0.130. The second-order valence-corrected chi connectivity index (χ2v) is 3.48. The zero-order valence-corrected chi connectivity index (χ0v) is 9.58. The molecule has 84 valence electrons. The number of aliphatic hydroxyl groups excluding tert-OH is 1. The van der Waals surface area contributed by atoms with E-state index in [1.54, 1.807) is 11.8 Å². The van der Waals surface area contributed by atoms with Gasteiger partial charge >= 0.3 is 0 Å². The maximum absolute atomic E-state index is 11.5. The van der Waals surface area contributed by atoms with Crippen LogP contribution in [-0.2, 0) is 4.79 Å². The third-order valence-electron chi connectivity index (χ3n) is 2.42. The Morgan fingerprint density at radius 2 is 1.86 bits per heavy atom. The Hall–Kier alpha value is -0.610. The monoisotopic (exact) mass is 202 g/mol. The van der Waals surface area contributed by atoms with Gasteiger partial charge in [0.2, 0.25) is 5.91 Å². The summed E-state index contributed by atoms with van der Waals surface area (Å²) < 4.78 is 0. The van der Waals surface area contributed by atoms with Crippen LogP contribution in [0.5, 0.6) is 0 Å². The van der Waals surface area contributed by atoms with Gasteiger partial charge in [0.05, 0.1) is 12.6 Å². The first kappa shape index (κ1) is 13.4. The molecule has 0 aliphatic rings. The fraction of sp³-hybridized carbons (Fsp3) is 0.900. The van der Waals surface area contributed by atoms with Crippen molar-refractivity contribution in [2.75, 3.05) is 19.6 Å². The normalized spacial score (nSPS) is 14.9. The topological polar surface area (TPSA) is 52.6 Å². The lowest BCUT2D eigenvalue weighted by Crippen LogP contribution is -2.43. The van der Waals surface area contributed by atoms with E-state index in [1.165, 1.54) is 0 Å². The first-order chi connectivity index (χ1) is 6.52. The number of aliphatic hydroxyl groups is 1. The number of hydrogen-bond donors (Lipinski definition) is 2. The number of hydrogen-bond acceptors (Lipinski definition) is 3. The summed E-state index contributed by atoms with van der Waals surface area (Å²) in [6.45, 7) is 9.26. The van der Waals surface area contributed by atoms with Gasteiger partial charge in [-0.25, -0.2) is 0 Å². The van der Waals surface area contributed by atoms with E-state index in [9.17, 15) is 9.90 Å². The molecule has 4 nitrogen and oxygen atoms in total.